The van der Waals surface area contributed by atoms with Crippen LogP contribution in [0.15, 0.2) is 18.2 Å². The lowest BCUT2D eigenvalue weighted by Crippen LogP contribution is -2.41. The summed E-state index contributed by atoms with van der Waals surface area (Å²) in [5, 5.41) is 20.5. The van der Waals surface area contributed by atoms with Crippen molar-refractivity contribution in [2.75, 3.05) is 19.7 Å². The van der Waals surface area contributed by atoms with E-state index in [1.807, 2.05) is 0 Å². The second-order valence-corrected chi connectivity index (χ2v) is 5.30. The second kappa shape index (κ2) is 6.19. The number of likely N-dealkylation sites (tertiary alicyclic amines) is 1. The number of nitrogens with zero attached hydrogens (tertiary/aromatic N) is 2. The Kier molecular flexibility index (Phi) is 4.57. The molecule has 0 aromatic heterocycles. The highest BCUT2D eigenvalue weighted by atomic mass is 35.5. The van der Waals surface area contributed by atoms with Gasteiger partial charge >= 0.3 is 0 Å². The molecule has 0 spiro atoms. The van der Waals surface area contributed by atoms with Crippen molar-refractivity contribution in [2.24, 2.45) is 5.92 Å². The Bertz CT molecular complexity index is 535. The first kappa shape index (κ1) is 14.7. The van der Waals surface area contributed by atoms with Crippen LogP contribution < -0.4 is 0 Å². The van der Waals surface area contributed by atoms with Gasteiger partial charge in [-0.15, -0.1) is 0 Å². The summed E-state index contributed by atoms with van der Waals surface area (Å²) in [5.41, 5.74) is -0.244. The Morgan fingerprint density at radius 1 is 1.55 bits per heavy atom. The van der Waals surface area contributed by atoms with Gasteiger partial charge in [-0.3, -0.25) is 14.9 Å². The molecular weight excluding hydrogens is 284 g/mol. The molecule has 1 fully saturated rings. The Morgan fingerprint density at radius 2 is 2.30 bits per heavy atom. The SMILES string of the molecule is O=C(c1cc(Cl)ccc1[N+](=O)[O-])N1CCCC(CO)C1. The third-order valence-corrected chi connectivity index (χ3v) is 3.69. The molecule has 2 rings (SSSR count). The number of piperidine rings is 1. The molecule has 1 amide bonds. The Morgan fingerprint density at radius 3 is 2.95 bits per heavy atom. The Balaban J connectivity index is 2.28. The normalized spacial score (nSPS) is 18.9. The van der Waals surface area contributed by atoms with Gasteiger partial charge in [0.05, 0.1) is 4.92 Å². The van der Waals surface area contributed by atoms with Gasteiger partial charge in [0.15, 0.2) is 0 Å². The fourth-order valence-electron chi connectivity index (χ4n) is 2.41. The number of hydrogen-bond acceptors (Lipinski definition) is 4. The zero-order valence-corrected chi connectivity index (χ0v) is 11.5. The van der Waals surface area contributed by atoms with Crippen molar-refractivity contribution >= 4 is 23.2 Å². The van der Waals surface area contributed by atoms with Crippen molar-refractivity contribution in [3.05, 3.63) is 38.9 Å². The smallest absolute Gasteiger partial charge is 0.282 e. The molecule has 0 bridgehead atoms. The summed E-state index contributed by atoms with van der Waals surface area (Å²) in [5.74, 6) is -0.372. The van der Waals surface area contributed by atoms with Crippen molar-refractivity contribution in [3.8, 4) is 0 Å². The van der Waals surface area contributed by atoms with Crippen molar-refractivity contribution < 1.29 is 14.8 Å². The van der Waals surface area contributed by atoms with Crippen molar-refractivity contribution in [1.82, 2.24) is 4.90 Å². The van der Waals surface area contributed by atoms with E-state index < -0.39 is 10.8 Å². The first-order chi connectivity index (χ1) is 9.52. The van der Waals surface area contributed by atoms with Crippen molar-refractivity contribution in [1.29, 1.82) is 0 Å². The average Bonchev–Trinajstić information content (AvgIpc) is 2.46. The molecule has 7 heteroatoms. The van der Waals surface area contributed by atoms with Crippen LogP contribution in [0.1, 0.15) is 23.2 Å². The molecule has 1 N–H and O–H groups in total. The molecule has 1 atom stereocenters. The number of benzene rings is 1. The molecule has 1 aromatic carbocycles. The number of halogens is 1. The minimum atomic E-state index is -0.586. The molecule has 108 valence electrons. The summed E-state index contributed by atoms with van der Waals surface area (Å²) >= 11 is 5.83. The van der Waals surface area contributed by atoms with E-state index in [-0.39, 0.29) is 28.8 Å². The van der Waals surface area contributed by atoms with Crippen LogP contribution in [0.5, 0.6) is 0 Å². The van der Waals surface area contributed by atoms with Crippen LogP contribution in [0, 0.1) is 16.0 Å². The molecule has 1 aromatic rings. The quantitative estimate of drug-likeness (QED) is 0.684. The highest BCUT2D eigenvalue weighted by molar-refractivity contribution is 6.31. The Hall–Kier alpha value is -1.66. The summed E-state index contributed by atoms with van der Waals surface area (Å²) in [4.78, 5) is 24.4. The molecule has 1 aliphatic rings. The van der Waals surface area contributed by atoms with Crippen LogP contribution in [0.4, 0.5) is 5.69 Å². The van der Waals surface area contributed by atoms with E-state index in [4.69, 9.17) is 11.6 Å². The maximum Gasteiger partial charge on any atom is 0.282 e. The minimum Gasteiger partial charge on any atom is -0.396 e. The fourth-order valence-corrected chi connectivity index (χ4v) is 2.58. The largest absolute Gasteiger partial charge is 0.396 e. The molecule has 0 aliphatic carbocycles. The zero-order valence-electron chi connectivity index (χ0n) is 10.8. The number of nitro benzene ring substituents is 1. The first-order valence-electron chi connectivity index (χ1n) is 6.37. The summed E-state index contributed by atoms with van der Waals surface area (Å²) < 4.78 is 0. The first-order valence-corrected chi connectivity index (χ1v) is 6.74. The number of rotatable bonds is 3. The van der Waals surface area contributed by atoms with Crippen molar-refractivity contribution in [3.63, 3.8) is 0 Å². The number of nitro groups is 1. The van der Waals surface area contributed by atoms with E-state index in [2.05, 4.69) is 0 Å². The number of hydrogen-bond donors (Lipinski definition) is 1. The lowest BCUT2D eigenvalue weighted by molar-refractivity contribution is -0.385. The number of amides is 1. The molecule has 1 unspecified atom stereocenters. The monoisotopic (exact) mass is 298 g/mol. The molecule has 1 saturated heterocycles. The number of aliphatic hydroxyl groups excluding tert-OH is 1. The molecule has 0 saturated carbocycles. The molecule has 1 heterocycles. The van der Waals surface area contributed by atoms with Gasteiger partial charge in [-0.2, -0.15) is 0 Å². The molecule has 0 radical (unpaired) electrons. The third-order valence-electron chi connectivity index (χ3n) is 3.45. The second-order valence-electron chi connectivity index (χ2n) is 4.86. The van der Waals surface area contributed by atoms with Crippen LogP contribution >= 0.6 is 11.6 Å². The number of carbonyl (C=O) groups excluding carboxylic acids is 1. The highest BCUT2D eigenvalue weighted by Crippen LogP contribution is 2.26. The molecular formula is C13H15ClN2O4. The van der Waals surface area contributed by atoms with E-state index in [1.165, 1.54) is 18.2 Å². The number of carbonyl (C=O) groups is 1. The van der Waals surface area contributed by atoms with Gasteiger partial charge in [0, 0.05) is 30.8 Å². The van der Waals surface area contributed by atoms with Gasteiger partial charge in [-0.05, 0) is 30.9 Å². The van der Waals surface area contributed by atoms with Gasteiger partial charge in [-0.1, -0.05) is 11.6 Å². The van der Waals surface area contributed by atoms with Crippen LogP contribution in [0.3, 0.4) is 0 Å². The summed E-state index contributed by atoms with van der Waals surface area (Å²) in [6.07, 6.45) is 1.64. The van der Waals surface area contributed by atoms with Crippen LogP contribution in [-0.4, -0.2) is 40.5 Å². The molecule has 6 nitrogen and oxygen atoms in total. The molecule has 20 heavy (non-hydrogen) atoms. The summed E-state index contributed by atoms with van der Waals surface area (Å²) in [6.45, 7) is 0.972. The topological polar surface area (TPSA) is 83.7 Å². The van der Waals surface area contributed by atoms with Crippen LogP contribution in [0.2, 0.25) is 5.02 Å². The van der Waals surface area contributed by atoms with E-state index >= 15 is 0 Å². The summed E-state index contributed by atoms with van der Waals surface area (Å²) in [6, 6.07) is 3.96. The predicted octanol–water partition coefficient (Wildman–Crippen LogP) is 2.09. The van der Waals surface area contributed by atoms with Crippen LogP contribution in [0.25, 0.3) is 0 Å². The highest BCUT2D eigenvalue weighted by Gasteiger charge is 2.28. The predicted molar refractivity (Wildman–Crippen MR) is 73.8 cm³/mol. The van der Waals surface area contributed by atoms with Crippen molar-refractivity contribution in [2.45, 2.75) is 12.8 Å². The van der Waals surface area contributed by atoms with E-state index in [0.717, 1.165) is 12.8 Å². The third kappa shape index (κ3) is 3.08. The van der Waals surface area contributed by atoms with Crippen LogP contribution in [-0.2, 0) is 0 Å². The maximum atomic E-state index is 12.4. The Labute approximate surface area is 121 Å². The van der Waals surface area contributed by atoms with E-state index in [0.29, 0.717) is 13.1 Å². The average molecular weight is 299 g/mol. The summed E-state index contributed by atoms with van der Waals surface area (Å²) in [7, 11) is 0. The van der Waals surface area contributed by atoms with E-state index in [9.17, 15) is 20.0 Å². The zero-order chi connectivity index (χ0) is 14.7. The van der Waals surface area contributed by atoms with Gasteiger partial charge in [0.1, 0.15) is 5.56 Å². The molecule has 1 aliphatic heterocycles. The van der Waals surface area contributed by atoms with Gasteiger partial charge in [-0.25, -0.2) is 0 Å². The van der Waals surface area contributed by atoms with Gasteiger partial charge < -0.3 is 10.0 Å². The lowest BCUT2D eigenvalue weighted by atomic mass is 9.98. The van der Waals surface area contributed by atoms with Gasteiger partial charge in [0.25, 0.3) is 11.6 Å². The van der Waals surface area contributed by atoms with Gasteiger partial charge in [0.2, 0.25) is 0 Å². The standard InChI is InChI=1S/C13H15ClN2O4/c14-10-3-4-12(16(19)20)11(6-10)13(18)15-5-1-2-9(7-15)8-17/h3-4,6,9,17H,1-2,5,7-8H2. The fraction of sp³-hybridized carbons (Fsp3) is 0.462. The lowest BCUT2D eigenvalue weighted by Gasteiger charge is -2.31. The van der Waals surface area contributed by atoms with E-state index in [1.54, 1.807) is 4.90 Å². The number of aliphatic hydroxyl groups is 1. The minimum absolute atomic E-state index is 0.00101. The maximum absolute atomic E-state index is 12.4.